The molecule has 40 heavy (non-hydrogen) atoms. The van der Waals surface area contributed by atoms with Gasteiger partial charge in [-0.1, -0.05) is 56.3 Å². The van der Waals surface area contributed by atoms with Gasteiger partial charge in [0, 0.05) is 41.1 Å². The highest BCUT2D eigenvalue weighted by Gasteiger charge is 2.17. The summed E-state index contributed by atoms with van der Waals surface area (Å²) < 4.78 is 8.56. The van der Waals surface area contributed by atoms with E-state index < -0.39 is 0 Å². The number of rotatable bonds is 6. The molecule has 0 amide bonds. The van der Waals surface area contributed by atoms with E-state index in [2.05, 4.69) is 69.5 Å². The molecule has 0 spiro atoms. The van der Waals surface area contributed by atoms with Crippen molar-refractivity contribution in [1.82, 2.24) is 19.4 Å². The zero-order chi connectivity index (χ0) is 27.1. The number of para-hydroxylation sites is 1. The quantitative estimate of drug-likeness (QED) is 0.205. The van der Waals surface area contributed by atoms with Crippen molar-refractivity contribution in [2.45, 2.75) is 19.8 Å². The van der Waals surface area contributed by atoms with E-state index in [1.807, 2.05) is 73.1 Å². The molecule has 0 atom stereocenters. The lowest BCUT2D eigenvalue weighted by molar-refractivity contribution is 0.481. The van der Waals surface area contributed by atoms with Crippen molar-refractivity contribution in [2.75, 3.05) is 4.90 Å². The first-order chi connectivity index (χ1) is 19.7. The summed E-state index contributed by atoms with van der Waals surface area (Å²) in [6, 6.07) is 32.6. The fourth-order valence-corrected chi connectivity index (χ4v) is 5.36. The first-order valence-corrected chi connectivity index (χ1v) is 13.4. The second-order valence-electron chi connectivity index (χ2n) is 10.0. The highest BCUT2D eigenvalue weighted by molar-refractivity contribution is 6.11. The average Bonchev–Trinajstić information content (AvgIpc) is 3.49. The molecule has 0 fully saturated rings. The van der Waals surface area contributed by atoms with Crippen LogP contribution in [0.5, 0.6) is 11.5 Å². The number of hydrogen-bond donors (Lipinski definition) is 0. The van der Waals surface area contributed by atoms with E-state index in [9.17, 15) is 0 Å². The van der Waals surface area contributed by atoms with E-state index in [0.717, 1.165) is 44.6 Å². The van der Waals surface area contributed by atoms with Gasteiger partial charge in [-0.05, 0) is 60.0 Å². The molecule has 194 valence electrons. The predicted molar refractivity (Wildman–Crippen MR) is 161 cm³/mol. The standard InChI is InChI=1S/C34H27N5O/c1-23(2)28-14-9-15-30-32(28)33-29(34-36-18-19-38(30)34)21-27(22-37-33)40-26-13-8-12-25(20-26)39(24-10-4-3-5-11-24)31-16-6-7-17-35-31/h3-23H,1-2H3. The molecule has 7 rings (SSSR count). The molecule has 0 saturated carbocycles. The molecule has 6 heteroatoms. The monoisotopic (exact) mass is 521 g/mol. The first-order valence-electron chi connectivity index (χ1n) is 13.4. The summed E-state index contributed by atoms with van der Waals surface area (Å²) in [5, 5.41) is 2.11. The Kier molecular flexibility index (Phi) is 5.86. The minimum atomic E-state index is 0.361. The Balaban J connectivity index is 1.32. The maximum atomic E-state index is 6.42. The van der Waals surface area contributed by atoms with Crippen molar-refractivity contribution < 1.29 is 4.74 Å². The number of benzene rings is 3. The molecule has 0 aliphatic rings. The van der Waals surface area contributed by atoms with Gasteiger partial charge in [0.05, 0.1) is 22.9 Å². The predicted octanol–water partition coefficient (Wildman–Crippen LogP) is 8.82. The third-order valence-corrected chi connectivity index (χ3v) is 7.14. The van der Waals surface area contributed by atoms with Gasteiger partial charge in [-0.25, -0.2) is 9.97 Å². The minimum Gasteiger partial charge on any atom is -0.456 e. The molecule has 0 aliphatic heterocycles. The van der Waals surface area contributed by atoms with E-state index in [-0.39, 0.29) is 0 Å². The molecule has 0 unspecified atom stereocenters. The Hall–Kier alpha value is -5.23. The van der Waals surface area contributed by atoms with E-state index in [0.29, 0.717) is 17.4 Å². The Labute approximate surface area is 232 Å². The maximum absolute atomic E-state index is 6.42. The average molecular weight is 522 g/mol. The van der Waals surface area contributed by atoms with E-state index in [1.54, 1.807) is 12.4 Å². The molecule has 0 aliphatic carbocycles. The highest BCUT2D eigenvalue weighted by Crippen LogP contribution is 2.38. The highest BCUT2D eigenvalue weighted by atomic mass is 16.5. The van der Waals surface area contributed by atoms with E-state index in [1.165, 1.54) is 5.56 Å². The zero-order valence-electron chi connectivity index (χ0n) is 22.3. The number of fused-ring (bicyclic) bond motifs is 6. The van der Waals surface area contributed by atoms with Gasteiger partial charge < -0.3 is 4.74 Å². The van der Waals surface area contributed by atoms with Crippen LogP contribution < -0.4 is 9.64 Å². The first kappa shape index (κ1) is 23.9. The number of ether oxygens (including phenoxy) is 1. The Morgan fingerprint density at radius 1 is 0.725 bits per heavy atom. The van der Waals surface area contributed by atoms with E-state index in [4.69, 9.17) is 9.72 Å². The lowest BCUT2D eigenvalue weighted by atomic mass is 9.96. The second-order valence-corrected chi connectivity index (χ2v) is 10.0. The van der Waals surface area contributed by atoms with Gasteiger partial charge in [0.25, 0.3) is 0 Å². The fraction of sp³-hybridized carbons (Fsp3) is 0.0882. The number of aromatic nitrogens is 4. The van der Waals surface area contributed by atoms with Gasteiger partial charge in [-0.3, -0.25) is 14.3 Å². The van der Waals surface area contributed by atoms with Crippen LogP contribution >= 0.6 is 0 Å². The molecule has 6 nitrogen and oxygen atoms in total. The largest absolute Gasteiger partial charge is 0.456 e. The summed E-state index contributed by atoms with van der Waals surface area (Å²) in [5.41, 5.74) is 6.13. The number of pyridine rings is 3. The summed E-state index contributed by atoms with van der Waals surface area (Å²) in [5.74, 6) is 2.55. The van der Waals surface area contributed by atoms with Crippen LogP contribution in [0.1, 0.15) is 25.3 Å². The lowest BCUT2D eigenvalue weighted by Gasteiger charge is -2.24. The third-order valence-electron chi connectivity index (χ3n) is 7.14. The van der Waals surface area contributed by atoms with Gasteiger partial charge >= 0.3 is 0 Å². The third kappa shape index (κ3) is 4.10. The fourth-order valence-electron chi connectivity index (χ4n) is 5.36. The minimum absolute atomic E-state index is 0.361. The molecule has 4 aromatic heterocycles. The molecular weight excluding hydrogens is 494 g/mol. The molecule has 7 aromatic rings. The molecular formula is C34H27N5O. The number of hydrogen-bond acceptors (Lipinski definition) is 5. The van der Waals surface area contributed by atoms with Gasteiger partial charge in [-0.15, -0.1) is 0 Å². The lowest BCUT2D eigenvalue weighted by Crippen LogP contribution is -2.11. The molecule has 3 aromatic carbocycles. The van der Waals surface area contributed by atoms with Crippen LogP contribution in [0.15, 0.2) is 122 Å². The topological polar surface area (TPSA) is 55.5 Å². The van der Waals surface area contributed by atoms with Gasteiger partial charge in [0.15, 0.2) is 0 Å². The van der Waals surface area contributed by atoms with Crippen molar-refractivity contribution in [3.8, 4) is 11.5 Å². The SMILES string of the molecule is CC(C)c1cccc2c1c1ncc(Oc3cccc(N(c4ccccc4)c4ccccn4)c3)cc1c1nccn21. The second kappa shape index (κ2) is 9.82. The summed E-state index contributed by atoms with van der Waals surface area (Å²) in [6.07, 6.45) is 7.45. The zero-order valence-corrected chi connectivity index (χ0v) is 22.3. The van der Waals surface area contributed by atoms with Crippen LogP contribution in [0, 0.1) is 0 Å². The van der Waals surface area contributed by atoms with Crippen molar-refractivity contribution >= 4 is 44.6 Å². The van der Waals surface area contributed by atoms with Crippen molar-refractivity contribution in [3.05, 3.63) is 127 Å². The number of nitrogens with zero attached hydrogens (tertiary/aromatic N) is 5. The Morgan fingerprint density at radius 3 is 2.38 bits per heavy atom. The molecule has 0 saturated heterocycles. The maximum Gasteiger partial charge on any atom is 0.146 e. The van der Waals surface area contributed by atoms with Gasteiger partial charge in [0.1, 0.15) is 23.0 Å². The van der Waals surface area contributed by atoms with Crippen molar-refractivity contribution in [3.63, 3.8) is 0 Å². The van der Waals surface area contributed by atoms with Gasteiger partial charge in [0.2, 0.25) is 0 Å². The Bertz CT molecular complexity index is 1930. The molecule has 0 N–H and O–H groups in total. The van der Waals surface area contributed by atoms with Crippen molar-refractivity contribution in [2.24, 2.45) is 0 Å². The number of imidazole rings is 1. The summed E-state index contributed by atoms with van der Waals surface area (Å²) in [4.78, 5) is 16.3. The Morgan fingerprint density at radius 2 is 1.55 bits per heavy atom. The van der Waals surface area contributed by atoms with Gasteiger partial charge in [-0.2, -0.15) is 0 Å². The summed E-state index contributed by atoms with van der Waals surface area (Å²) >= 11 is 0. The molecule has 4 heterocycles. The van der Waals surface area contributed by atoms with Crippen molar-refractivity contribution in [1.29, 1.82) is 0 Å². The van der Waals surface area contributed by atoms with Crippen LogP contribution in [-0.2, 0) is 0 Å². The summed E-state index contributed by atoms with van der Waals surface area (Å²) in [7, 11) is 0. The normalized spacial score (nSPS) is 11.5. The summed E-state index contributed by atoms with van der Waals surface area (Å²) in [6.45, 7) is 4.43. The van der Waals surface area contributed by atoms with Crippen LogP contribution in [-0.4, -0.2) is 19.4 Å². The van der Waals surface area contributed by atoms with Crippen LogP contribution in [0.25, 0.3) is 27.5 Å². The number of anilines is 3. The van der Waals surface area contributed by atoms with Crippen LogP contribution in [0.4, 0.5) is 17.2 Å². The molecule has 0 bridgehead atoms. The van der Waals surface area contributed by atoms with Crippen LogP contribution in [0.2, 0.25) is 0 Å². The smallest absolute Gasteiger partial charge is 0.146 e. The molecule has 0 radical (unpaired) electrons. The van der Waals surface area contributed by atoms with E-state index >= 15 is 0 Å². The van der Waals surface area contributed by atoms with Crippen LogP contribution in [0.3, 0.4) is 0 Å².